The molecule has 2 N–H and O–H groups in total. The summed E-state index contributed by atoms with van der Waals surface area (Å²) in [7, 11) is 0. The average Bonchev–Trinajstić information content (AvgIpc) is 3.09. The highest BCUT2D eigenvalue weighted by molar-refractivity contribution is 7.99. The molecule has 2 heterocycles. The van der Waals surface area contributed by atoms with Crippen LogP contribution in [0.2, 0.25) is 0 Å². The van der Waals surface area contributed by atoms with E-state index in [1.807, 2.05) is 12.1 Å². The lowest BCUT2D eigenvalue weighted by atomic mass is 10.1. The Morgan fingerprint density at radius 3 is 2.33 bits per heavy atom. The number of hydrogen-bond donors (Lipinski definition) is 2. The number of aliphatic carboxylic acids is 1. The molecule has 0 aromatic heterocycles. The van der Waals surface area contributed by atoms with E-state index in [9.17, 15) is 29.1 Å². The molecule has 2 aromatic carbocycles. The van der Waals surface area contributed by atoms with Gasteiger partial charge in [-0.3, -0.25) is 39.1 Å². The van der Waals surface area contributed by atoms with Gasteiger partial charge in [-0.05, 0) is 44.0 Å². The number of ether oxygens (including phenoxy) is 1. The van der Waals surface area contributed by atoms with Gasteiger partial charge >= 0.3 is 11.9 Å². The topological polar surface area (TPSA) is 133 Å². The van der Waals surface area contributed by atoms with E-state index < -0.39 is 36.5 Å². The van der Waals surface area contributed by atoms with Crippen molar-refractivity contribution in [2.24, 2.45) is 0 Å². The third-order valence-electron chi connectivity index (χ3n) is 6.65. The summed E-state index contributed by atoms with van der Waals surface area (Å²) in [6, 6.07) is 12.3. The van der Waals surface area contributed by atoms with Crippen LogP contribution < -0.4 is 10.2 Å². The van der Waals surface area contributed by atoms with Crippen molar-refractivity contribution in [3.05, 3.63) is 59.7 Å². The third-order valence-corrected chi connectivity index (χ3v) is 7.80. The number of carboxylic acid groups (broad SMARTS) is 1. The van der Waals surface area contributed by atoms with Crippen molar-refractivity contribution in [3.63, 3.8) is 0 Å². The van der Waals surface area contributed by atoms with Crippen molar-refractivity contribution in [2.45, 2.75) is 49.6 Å². The number of unbranched alkanes of at least 4 members (excludes halogenated alkanes) is 2. The quantitative estimate of drug-likeness (QED) is 0.231. The predicted molar refractivity (Wildman–Crippen MR) is 145 cm³/mol. The van der Waals surface area contributed by atoms with Crippen LogP contribution in [0.3, 0.4) is 0 Å². The van der Waals surface area contributed by atoms with Gasteiger partial charge < -0.3 is 9.84 Å². The highest BCUT2D eigenvalue weighted by atomic mass is 32.2. The molecule has 0 radical (unpaired) electrons. The van der Waals surface area contributed by atoms with Gasteiger partial charge in [-0.25, -0.2) is 0 Å². The molecule has 0 spiro atoms. The van der Waals surface area contributed by atoms with Crippen LogP contribution in [0, 0.1) is 0 Å². The molecule has 0 aliphatic carbocycles. The Balaban J connectivity index is 1.36. The van der Waals surface area contributed by atoms with Gasteiger partial charge in [0, 0.05) is 17.2 Å². The Morgan fingerprint density at radius 2 is 1.67 bits per heavy atom. The first-order valence-electron chi connectivity index (χ1n) is 12.9. The summed E-state index contributed by atoms with van der Waals surface area (Å²) in [6.45, 7) is 1.68. The Hall–Kier alpha value is -3.70. The second kappa shape index (κ2) is 12.9. The number of carbonyl (C=O) groups is 5. The highest BCUT2D eigenvalue weighted by Crippen LogP contribution is 2.34. The summed E-state index contributed by atoms with van der Waals surface area (Å²) in [5.74, 6) is -2.31. The summed E-state index contributed by atoms with van der Waals surface area (Å²) in [6.07, 6.45) is 2.18. The number of thioether (sulfide) groups is 1. The number of nitrogens with one attached hydrogen (secondary N) is 1. The minimum absolute atomic E-state index is 0.181. The number of hydrogen-bond acceptors (Lipinski definition) is 8. The first kappa shape index (κ1) is 28.3. The van der Waals surface area contributed by atoms with Crippen LogP contribution in [0.5, 0.6) is 0 Å². The maximum Gasteiger partial charge on any atom is 0.323 e. The lowest BCUT2D eigenvalue weighted by Crippen LogP contribution is -2.54. The molecule has 2 aliphatic heterocycles. The van der Waals surface area contributed by atoms with Gasteiger partial charge in [0.15, 0.2) is 0 Å². The van der Waals surface area contributed by atoms with E-state index in [1.165, 1.54) is 21.6 Å². The molecule has 0 bridgehead atoms. The minimum atomic E-state index is -1.14. The van der Waals surface area contributed by atoms with Crippen molar-refractivity contribution in [1.82, 2.24) is 10.2 Å². The van der Waals surface area contributed by atoms with Gasteiger partial charge in [0.1, 0.15) is 12.6 Å². The Morgan fingerprint density at radius 1 is 1.00 bits per heavy atom. The Kier molecular flexibility index (Phi) is 9.36. The summed E-state index contributed by atoms with van der Waals surface area (Å²) in [5, 5.41) is 12.5. The number of para-hydroxylation sites is 1. The summed E-state index contributed by atoms with van der Waals surface area (Å²) < 4.78 is 5.24. The highest BCUT2D eigenvalue weighted by Gasteiger charge is 2.36. The number of nitrogens with zero attached hydrogens (tertiary/aromatic N) is 2. The van der Waals surface area contributed by atoms with Gasteiger partial charge in [-0.1, -0.05) is 37.1 Å². The fourth-order valence-corrected chi connectivity index (χ4v) is 5.85. The molecule has 2 aliphatic rings. The lowest BCUT2D eigenvalue weighted by molar-refractivity contribution is -0.146. The van der Waals surface area contributed by atoms with E-state index in [0.29, 0.717) is 48.3 Å². The molecule has 2 aromatic rings. The number of esters is 1. The van der Waals surface area contributed by atoms with Crippen molar-refractivity contribution < 1.29 is 33.8 Å². The largest absolute Gasteiger partial charge is 0.480 e. The zero-order valence-electron chi connectivity index (χ0n) is 21.6. The minimum Gasteiger partial charge on any atom is -0.480 e. The second-order valence-corrected chi connectivity index (χ2v) is 10.3. The smallest absolute Gasteiger partial charge is 0.323 e. The standard InChI is InChI=1S/C28H31N3O7S/c1-2-38-28(37)20(12-4-3-9-15-30-25(34)18-10-5-6-11-19(18)26(30)35)29-21-17-39-23-14-8-7-13-22(23)31(27(21)36)16-24(32)33/h5-8,10-11,13-14,20-21,29H,2-4,9,12,15-17H2,1H3,(H,32,33)/t20-,21-/m0/s1. The molecule has 0 saturated carbocycles. The summed E-state index contributed by atoms with van der Waals surface area (Å²) >= 11 is 1.42. The zero-order chi connectivity index (χ0) is 27.9. The fraction of sp³-hybridized carbons (Fsp3) is 0.393. The van der Waals surface area contributed by atoms with Gasteiger partial charge in [0.2, 0.25) is 5.91 Å². The van der Waals surface area contributed by atoms with Crippen molar-refractivity contribution >= 4 is 47.1 Å². The van der Waals surface area contributed by atoms with Gasteiger partial charge in [-0.15, -0.1) is 11.8 Å². The number of imide groups is 1. The number of fused-ring (bicyclic) bond motifs is 2. The number of amides is 3. The Bertz CT molecular complexity index is 1230. The summed E-state index contributed by atoms with van der Waals surface area (Å²) in [5.41, 5.74) is 1.36. The lowest BCUT2D eigenvalue weighted by Gasteiger charge is -2.27. The molecular formula is C28H31N3O7S. The molecular weight excluding hydrogens is 522 g/mol. The number of rotatable bonds is 12. The van der Waals surface area contributed by atoms with Crippen molar-refractivity contribution in [2.75, 3.05) is 30.3 Å². The molecule has 39 heavy (non-hydrogen) atoms. The van der Waals surface area contributed by atoms with Gasteiger partial charge in [0.05, 0.1) is 29.5 Å². The first-order valence-corrected chi connectivity index (χ1v) is 13.9. The van der Waals surface area contributed by atoms with Crippen LogP contribution in [0.25, 0.3) is 0 Å². The SMILES string of the molecule is CCOC(=O)[C@H](CCCCCN1C(=O)c2ccccc2C1=O)N[C@H]1CSc2ccccc2N(CC(=O)O)C1=O. The number of anilines is 1. The first-order chi connectivity index (χ1) is 18.8. The third kappa shape index (κ3) is 6.48. The van der Waals surface area contributed by atoms with E-state index in [2.05, 4.69) is 5.32 Å². The van der Waals surface area contributed by atoms with E-state index >= 15 is 0 Å². The molecule has 2 atom stereocenters. The van der Waals surface area contributed by atoms with E-state index in [-0.39, 0.29) is 25.0 Å². The van der Waals surface area contributed by atoms with Crippen LogP contribution in [0.4, 0.5) is 5.69 Å². The van der Waals surface area contributed by atoms with E-state index in [4.69, 9.17) is 4.74 Å². The molecule has 11 heteroatoms. The average molecular weight is 554 g/mol. The van der Waals surface area contributed by atoms with E-state index in [0.717, 1.165) is 4.90 Å². The number of carboxylic acids is 1. The Labute approximate surface area is 230 Å². The maximum atomic E-state index is 13.4. The number of benzene rings is 2. The predicted octanol–water partition coefficient (Wildman–Crippen LogP) is 2.96. The molecule has 10 nitrogen and oxygen atoms in total. The fourth-order valence-electron chi connectivity index (χ4n) is 4.76. The van der Waals surface area contributed by atoms with Crippen LogP contribution in [0.1, 0.15) is 53.3 Å². The normalized spacial score (nSPS) is 17.5. The zero-order valence-corrected chi connectivity index (χ0v) is 22.4. The maximum absolute atomic E-state index is 13.4. The van der Waals surface area contributed by atoms with Crippen LogP contribution in [-0.2, 0) is 19.1 Å². The molecule has 3 amide bonds. The molecule has 0 saturated heterocycles. The summed E-state index contributed by atoms with van der Waals surface area (Å²) in [4.78, 5) is 66.1. The molecule has 0 unspecified atom stereocenters. The van der Waals surface area contributed by atoms with Crippen molar-refractivity contribution in [3.8, 4) is 0 Å². The van der Waals surface area contributed by atoms with Crippen LogP contribution in [0.15, 0.2) is 53.4 Å². The number of carbonyl (C=O) groups excluding carboxylic acids is 4. The van der Waals surface area contributed by atoms with Gasteiger partial charge in [-0.2, -0.15) is 0 Å². The van der Waals surface area contributed by atoms with Crippen LogP contribution >= 0.6 is 11.8 Å². The monoisotopic (exact) mass is 553 g/mol. The van der Waals surface area contributed by atoms with Gasteiger partial charge in [0.25, 0.3) is 11.8 Å². The second-order valence-electron chi connectivity index (χ2n) is 9.28. The molecule has 0 fully saturated rings. The molecule has 206 valence electrons. The van der Waals surface area contributed by atoms with E-state index in [1.54, 1.807) is 43.3 Å². The molecule has 4 rings (SSSR count). The van der Waals surface area contributed by atoms with Crippen LogP contribution in [-0.4, -0.2) is 77.2 Å². The van der Waals surface area contributed by atoms with Crippen molar-refractivity contribution in [1.29, 1.82) is 0 Å².